The van der Waals surface area contributed by atoms with E-state index in [0.29, 0.717) is 26.2 Å². The summed E-state index contributed by atoms with van der Waals surface area (Å²) in [6, 6.07) is 3.39. The van der Waals surface area contributed by atoms with Crippen LogP contribution in [0.25, 0.3) is 10.9 Å². The molecule has 128 valence electrons. The maximum absolute atomic E-state index is 13.5. The van der Waals surface area contributed by atoms with Gasteiger partial charge in [0.15, 0.2) is 0 Å². The van der Waals surface area contributed by atoms with Gasteiger partial charge in [-0.2, -0.15) is 13.2 Å². The largest absolute Gasteiger partial charge is 0.451 e. The molecule has 0 atom stereocenters. The Labute approximate surface area is 134 Å². The van der Waals surface area contributed by atoms with Crippen molar-refractivity contribution in [1.29, 1.82) is 0 Å². The van der Waals surface area contributed by atoms with E-state index >= 15 is 0 Å². The summed E-state index contributed by atoms with van der Waals surface area (Å²) < 4.78 is 52.7. The van der Waals surface area contributed by atoms with Crippen LogP contribution in [0.1, 0.15) is 12.7 Å². The molecule has 1 aromatic carbocycles. The Morgan fingerprint density at radius 1 is 1.12 bits per heavy atom. The van der Waals surface area contributed by atoms with E-state index < -0.39 is 17.8 Å². The van der Waals surface area contributed by atoms with Gasteiger partial charge >= 0.3 is 6.18 Å². The van der Waals surface area contributed by atoms with E-state index in [1.807, 2.05) is 0 Å². The van der Waals surface area contributed by atoms with Gasteiger partial charge in [-0.15, -0.1) is 0 Å². The Morgan fingerprint density at radius 2 is 1.79 bits per heavy atom. The molecule has 5 nitrogen and oxygen atoms in total. The highest BCUT2D eigenvalue weighted by molar-refractivity contribution is 5.89. The minimum Gasteiger partial charge on any atom is -0.352 e. The minimum atomic E-state index is -4.70. The van der Waals surface area contributed by atoms with Gasteiger partial charge in [-0.25, -0.2) is 14.4 Å². The van der Waals surface area contributed by atoms with Gasteiger partial charge in [-0.3, -0.25) is 4.79 Å². The second-order valence-corrected chi connectivity index (χ2v) is 5.52. The fraction of sp³-hybridized carbons (Fsp3) is 0.400. The van der Waals surface area contributed by atoms with Crippen molar-refractivity contribution < 1.29 is 22.4 Å². The van der Waals surface area contributed by atoms with E-state index in [1.54, 1.807) is 9.80 Å². The predicted octanol–water partition coefficient (Wildman–Crippen LogP) is 2.46. The average molecular weight is 342 g/mol. The molecule has 0 saturated carbocycles. The van der Waals surface area contributed by atoms with E-state index in [-0.39, 0.29) is 22.6 Å². The summed E-state index contributed by atoms with van der Waals surface area (Å²) >= 11 is 0. The van der Waals surface area contributed by atoms with Gasteiger partial charge in [0.1, 0.15) is 11.6 Å². The number of fused-ring (bicyclic) bond motifs is 1. The van der Waals surface area contributed by atoms with E-state index in [4.69, 9.17) is 0 Å². The van der Waals surface area contributed by atoms with E-state index in [1.165, 1.54) is 13.0 Å². The summed E-state index contributed by atoms with van der Waals surface area (Å²) in [5, 5.41) is 0.222. The molecule has 0 unspecified atom stereocenters. The third-order valence-electron chi connectivity index (χ3n) is 3.92. The number of hydrogen-bond donors (Lipinski definition) is 0. The molecule has 24 heavy (non-hydrogen) atoms. The van der Waals surface area contributed by atoms with Crippen LogP contribution in [-0.2, 0) is 11.0 Å². The highest BCUT2D eigenvalue weighted by atomic mass is 19.4. The molecule has 1 saturated heterocycles. The first-order chi connectivity index (χ1) is 11.3. The number of amides is 1. The number of piperazine rings is 1. The molecule has 1 aliphatic heterocycles. The van der Waals surface area contributed by atoms with Crippen LogP contribution in [0.4, 0.5) is 23.4 Å². The third-order valence-corrected chi connectivity index (χ3v) is 3.92. The van der Waals surface area contributed by atoms with Crippen LogP contribution in [0.3, 0.4) is 0 Å². The number of carbonyl (C=O) groups is 1. The first-order valence-corrected chi connectivity index (χ1v) is 7.30. The number of rotatable bonds is 1. The number of hydrogen-bond acceptors (Lipinski definition) is 4. The SMILES string of the molecule is CC(=O)N1CCN(c2nc(C(F)(F)F)nc3ccc(F)cc23)CC1. The Kier molecular flexibility index (Phi) is 4.02. The Bertz CT molecular complexity index is 785. The van der Waals surface area contributed by atoms with E-state index in [2.05, 4.69) is 9.97 Å². The zero-order valence-electron chi connectivity index (χ0n) is 12.8. The van der Waals surface area contributed by atoms with Crippen molar-refractivity contribution in [3.63, 3.8) is 0 Å². The second-order valence-electron chi connectivity index (χ2n) is 5.52. The highest BCUT2D eigenvalue weighted by Crippen LogP contribution is 2.32. The van der Waals surface area contributed by atoms with Gasteiger partial charge in [-0.05, 0) is 18.2 Å². The zero-order chi connectivity index (χ0) is 17.5. The molecule has 9 heteroatoms. The van der Waals surface area contributed by atoms with Gasteiger partial charge in [0.25, 0.3) is 0 Å². The molecular formula is C15H14F4N4O. The van der Waals surface area contributed by atoms with Gasteiger partial charge in [0.05, 0.1) is 5.52 Å². The van der Waals surface area contributed by atoms with Crippen molar-refractivity contribution in [2.45, 2.75) is 13.1 Å². The van der Waals surface area contributed by atoms with Crippen molar-refractivity contribution in [3.8, 4) is 0 Å². The topological polar surface area (TPSA) is 49.3 Å². The van der Waals surface area contributed by atoms with Crippen LogP contribution in [0.2, 0.25) is 0 Å². The molecule has 1 aromatic heterocycles. The molecular weight excluding hydrogens is 328 g/mol. The minimum absolute atomic E-state index is 0.0303. The van der Waals surface area contributed by atoms with Crippen molar-refractivity contribution in [2.24, 2.45) is 0 Å². The number of anilines is 1. The monoisotopic (exact) mass is 342 g/mol. The molecule has 0 spiro atoms. The lowest BCUT2D eigenvalue weighted by molar-refractivity contribution is -0.144. The summed E-state index contributed by atoms with van der Waals surface area (Å²) in [7, 11) is 0. The number of nitrogens with zero attached hydrogens (tertiary/aromatic N) is 4. The highest BCUT2D eigenvalue weighted by Gasteiger charge is 2.36. The van der Waals surface area contributed by atoms with Gasteiger partial charge in [0.2, 0.25) is 11.7 Å². The van der Waals surface area contributed by atoms with Gasteiger partial charge in [0, 0.05) is 38.5 Å². The van der Waals surface area contributed by atoms with Crippen LogP contribution in [-0.4, -0.2) is 47.0 Å². The fourth-order valence-corrected chi connectivity index (χ4v) is 2.69. The average Bonchev–Trinajstić information content (AvgIpc) is 2.53. The van der Waals surface area contributed by atoms with Crippen LogP contribution in [0, 0.1) is 5.82 Å². The molecule has 2 heterocycles. The molecule has 2 aromatic rings. The molecule has 0 N–H and O–H groups in total. The maximum Gasteiger partial charge on any atom is 0.451 e. The summed E-state index contributed by atoms with van der Waals surface area (Å²) in [4.78, 5) is 21.7. The van der Waals surface area contributed by atoms with Crippen molar-refractivity contribution >= 4 is 22.6 Å². The van der Waals surface area contributed by atoms with Crippen LogP contribution >= 0.6 is 0 Å². The molecule has 0 bridgehead atoms. The Hall–Kier alpha value is -2.45. The summed E-state index contributed by atoms with van der Waals surface area (Å²) in [6.45, 7) is 2.82. The van der Waals surface area contributed by atoms with Crippen LogP contribution in [0.15, 0.2) is 18.2 Å². The van der Waals surface area contributed by atoms with Crippen molar-refractivity contribution in [1.82, 2.24) is 14.9 Å². The van der Waals surface area contributed by atoms with E-state index in [9.17, 15) is 22.4 Å². The Morgan fingerprint density at radius 3 is 2.38 bits per heavy atom. The molecule has 3 rings (SSSR count). The maximum atomic E-state index is 13.5. The molecule has 0 aliphatic carbocycles. The zero-order valence-corrected chi connectivity index (χ0v) is 12.8. The number of benzene rings is 1. The summed E-state index contributed by atoms with van der Waals surface area (Å²) in [5.41, 5.74) is 0.0303. The van der Waals surface area contributed by atoms with Gasteiger partial charge < -0.3 is 9.80 Å². The van der Waals surface area contributed by atoms with Crippen LogP contribution < -0.4 is 4.90 Å². The molecule has 0 radical (unpaired) electrons. The number of halogens is 4. The lowest BCUT2D eigenvalue weighted by Crippen LogP contribution is -2.48. The first-order valence-electron chi connectivity index (χ1n) is 7.30. The smallest absolute Gasteiger partial charge is 0.352 e. The van der Waals surface area contributed by atoms with Crippen LogP contribution in [0.5, 0.6) is 0 Å². The Balaban J connectivity index is 2.05. The number of carbonyl (C=O) groups excluding carboxylic acids is 1. The third kappa shape index (κ3) is 3.10. The summed E-state index contributed by atoms with van der Waals surface area (Å²) in [6.07, 6.45) is -4.70. The first kappa shape index (κ1) is 16.4. The summed E-state index contributed by atoms with van der Waals surface area (Å²) in [5.74, 6) is -1.89. The molecule has 1 aliphatic rings. The second kappa shape index (κ2) is 5.88. The molecule has 1 fully saturated rings. The normalized spacial score (nSPS) is 15.9. The fourth-order valence-electron chi connectivity index (χ4n) is 2.69. The molecule has 1 amide bonds. The predicted molar refractivity (Wildman–Crippen MR) is 79.0 cm³/mol. The number of alkyl halides is 3. The van der Waals surface area contributed by atoms with Gasteiger partial charge in [-0.1, -0.05) is 0 Å². The lowest BCUT2D eigenvalue weighted by atomic mass is 10.2. The quantitative estimate of drug-likeness (QED) is 0.747. The standard InChI is InChI=1S/C15H14F4N4O/c1-9(24)22-4-6-23(7-5-22)13-11-8-10(16)2-3-12(11)20-14(21-13)15(17,18)19/h2-3,8H,4-7H2,1H3. The van der Waals surface area contributed by atoms with E-state index in [0.717, 1.165) is 12.1 Å². The number of aromatic nitrogens is 2. The van der Waals surface area contributed by atoms with Crippen molar-refractivity contribution in [2.75, 3.05) is 31.1 Å². The lowest BCUT2D eigenvalue weighted by Gasteiger charge is -2.35. The van der Waals surface area contributed by atoms with Crippen molar-refractivity contribution in [3.05, 3.63) is 29.8 Å².